The summed E-state index contributed by atoms with van der Waals surface area (Å²) >= 11 is 17.6. The maximum absolute atomic E-state index is 12.5. The van der Waals surface area contributed by atoms with Gasteiger partial charge in [0.05, 0.1) is 26.9 Å². The van der Waals surface area contributed by atoms with E-state index >= 15 is 0 Å². The van der Waals surface area contributed by atoms with Crippen molar-refractivity contribution in [2.24, 2.45) is 0 Å². The molecule has 8 rings (SSSR count). The minimum atomic E-state index is -4.47. The second-order valence-electron chi connectivity index (χ2n) is 14.2. The van der Waals surface area contributed by atoms with Gasteiger partial charge in [-0.2, -0.15) is 13.2 Å². The first-order valence-corrected chi connectivity index (χ1v) is 21.1. The van der Waals surface area contributed by atoms with Crippen LogP contribution in [0.5, 0.6) is 0 Å². The second-order valence-corrected chi connectivity index (χ2v) is 15.5. The highest BCUT2D eigenvalue weighted by molar-refractivity contribution is 6.36. The number of benzene rings is 8. The van der Waals surface area contributed by atoms with Crippen LogP contribution >= 0.6 is 34.8 Å². The number of anilines is 4. The molecule has 0 radical (unpaired) electrons. The molecule has 0 aliphatic heterocycles. The molecule has 0 unspecified atom stereocenters. The first-order chi connectivity index (χ1) is 32.0. The molecule has 8 aromatic rings. The van der Waals surface area contributed by atoms with Crippen molar-refractivity contribution in [1.29, 1.82) is 0 Å². The van der Waals surface area contributed by atoms with Gasteiger partial charge in [-0.3, -0.25) is 19.2 Å². The fraction of sp³-hybridized carbons (Fsp3) is 0.0189. The molecule has 0 amide bonds. The summed E-state index contributed by atoms with van der Waals surface area (Å²) in [6.45, 7) is 0. The molecule has 8 aromatic carbocycles. The predicted octanol–water partition coefficient (Wildman–Crippen LogP) is 13.0. The number of hydrogen-bond acceptors (Lipinski definition) is 8. The summed E-state index contributed by atoms with van der Waals surface area (Å²) in [5.74, 6) is -0.745. The Labute approximate surface area is 399 Å². The van der Waals surface area contributed by atoms with Gasteiger partial charge >= 0.3 is 6.18 Å². The average molecular weight is 960 g/mol. The van der Waals surface area contributed by atoms with Crippen molar-refractivity contribution in [2.45, 2.75) is 6.18 Å². The van der Waals surface area contributed by atoms with Crippen LogP contribution in [0.15, 0.2) is 194 Å². The highest BCUT2D eigenvalue weighted by Gasteiger charge is 2.31. The Morgan fingerprint density at radius 3 is 1.18 bits per heavy atom. The van der Waals surface area contributed by atoms with Gasteiger partial charge in [-0.25, -0.2) is 0 Å². The third-order valence-corrected chi connectivity index (χ3v) is 10.5. The molecule has 0 heterocycles. The molecule has 0 aromatic heterocycles. The molecule has 0 bridgehead atoms. The SMILES string of the molecule is Nc1c(Cl)cccc1C(=O)c1ccccc1.Nc1cc(C(F)(F)F)ccc1C(=O)c1ccccc1.Nc1cc(Cl)ccc1C(=O)c1ccccc1.Nc1cccc(Cl)c1C(=O)c1ccccc1. The first kappa shape index (κ1) is 50.3. The molecular weight excluding hydrogens is 920 g/mol. The number of rotatable bonds is 8. The Morgan fingerprint density at radius 2 is 0.761 bits per heavy atom. The number of nitrogens with two attached hydrogens (primary N) is 4. The van der Waals surface area contributed by atoms with Crippen LogP contribution in [0.3, 0.4) is 0 Å². The highest BCUT2D eigenvalue weighted by Crippen LogP contribution is 2.32. The van der Waals surface area contributed by atoms with Crippen molar-refractivity contribution >= 4 is 80.7 Å². The molecule has 14 heteroatoms. The zero-order valence-corrected chi connectivity index (χ0v) is 37.5. The standard InChI is InChI=1S/C14H10F3NO.3C13H10ClNO/c15-14(16,17)10-6-7-11(12(18)8-10)13(19)9-4-2-1-3-5-9;14-10-7-4-8-11(15)12(10)13(16)9-5-2-1-3-6-9;14-11-8-4-7-10(12(11)15)13(16)9-5-2-1-3-6-9;14-10-6-7-11(12(15)8-10)13(16)9-4-2-1-3-5-9/h1-8H,18H2;3*1-8H,15H2. The third-order valence-electron chi connectivity index (χ3n) is 9.60. The lowest BCUT2D eigenvalue weighted by Gasteiger charge is -2.10. The quantitative estimate of drug-likeness (QED) is 0.0860. The summed E-state index contributed by atoms with van der Waals surface area (Å²) in [7, 11) is 0. The molecule has 67 heavy (non-hydrogen) atoms. The number of carbonyl (C=O) groups excluding carboxylic acids is 4. The number of halogens is 6. The van der Waals surface area contributed by atoms with Crippen LogP contribution in [-0.4, -0.2) is 23.1 Å². The van der Waals surface area contributed by atoms with Crippen LogP contribution in [0.4, 0.5) is 35.9 Å². The monoisotopic (exact) mass is 958 g/mol. The molecule has 0 aliphatic carbocycles. The number of hydrogen-bond donors (Lipinski definition) is 4. The Balaban J connectivity index is 0.000000168. The fourth-order valence-electron chi connectivity index (χ4n) is 6.17. The van der Waals surface area contributed by atoms with E-state index in [0.717, 1.165) is 18.2 Å². The Morgan fingerprint density at radius 1 is 0.373 bits per heavy atom. The van der Waals surface area contributed by atoms with E-state index in [1.54, 1.807) is 133 Å². The van der Waals surface area contributed by atoms with Crippen molar-refractivity contribution < 1.29 is 32.3 Å². The van der Waals surface area contributed by atoms with Crippen LogP contribution in [0.1, 0.15) is 69.2 Å². The minimum absolute atomic E-state index is 0.0687. The maximum Gasteiger partial charge on any atom is 0.416 e. The van der Waals surface area contributed by atoms with E-state index < -0.39 is 17.5 Å². The lowest BCUT2D eigenvalue weighted by atomic mass is 10.00. The molecule has 0 saturated carbocycles. The molecule has 8 nitrogen and oxygen atoms in total. The normalized spacial score (nSPS) is 10.4. The van der Waals surface area contributed by atoms with Gasteiger partial charge in [-0.1, -0.05) is 168 Å². The lowest BCUT2D eigenvalue weighted by Crippen LogP contribution is -2.10. The van der Waals surface area contributed by atoms with E-state index in [-0.39, 0.29) is 28.6 Å². The molecule has 0 spiro atoms. The van der Waals surface area contributed by atoms with Crippen molar-refractivity contribution in [3.63, 3.8) is 0 Å². The molecule has 0 fully saturated rings. The van der Waals surface area contributed by atoms with Crippen LogP contribution in [0, 0.1) is 0 Å². The highest BCUT2D eigenvalue weighted by atomic mass is 35.5. The van der Waals surface area contributed by atoms with Gasteiger partial charge in [0.25, 0.3) is 0 Å². The predicted molar refractivity (Wildman–Crippen MR) is 263 cm³/mol. The van der Waals surface area contributed by atoms with E-state index in [1.165, 1.54) is 0 Å². The molecule has 0 saturated heterocycles. The zero-order valence-electron chi connectivity index (χ0n) is 35.2. The van der Waals surface area contributed by atoms with E-state index in [0.29, 0.717) is 71.1 Å². The molecule has 338 valence electrons. The lowest BCUT2D eigenvalue weighted by molar-refractivity contribution is -0.137. The van der Waals surface area contributed by atoms with Crippen molar-refractivity contribution in [2.75, 3.05) is 22.9 Å². The first-order valence-electron chi connectivity index (χ1n) is 20.0. The van der Waals surface area contributed by atoms with E-state index in [2.05, 4.69) is 0 Å². The van der Waals surface area contributed by atoms with E-state index in [1.807, 2.05) is 42.5 Å². The van der Waals surface area contributed by atoms with Crippen molar-refractivity contribution in [3.05, 3.63) is 259 Å². The second kappa shape index (κ2) is 23.5. The largest absolute Gasteiger partial charge is 0.416 e. The number of ketones is 4. The summed E-state index contributed by atoms with van der Waals surface area (Å²) < 4.78 is 37.4. The maximum atomic E-state index is 12.5. The minimum Gasteiger partial charge on any atom is -0.398 e. The average Bonchev–Trinajstić information content (AvgIpc) is 3.33. The number of carbonyl (C=O) groups is 4. The van der Waals surface area contributed by atoms with Crippen molar-refractivity contribution in [3.8, 4) is 0 Å². The third kappa shape index (κ3) is 13.7. The van der Waals surface area contributed by atoms with Crippen LogP contribution < -0.4 is 22.9 Å². The van der Waals surface area contributed by atoms with Gasteiger partial charge in [0.15, 0.2) is 23.1 Å². The van der Waals surface area contributed by atoms with E-state index in [4.69, 9.17) is 57.7 Å². The smallest absolute Gasteiger partial charge is 0.398 e. The molecular formula is C53H40Cl3F3N4O4. The molecule has 0 atom stereocenters. The summed E-state index contributed by atoms with van der Waals surface area (Å²) in [5, 5.41) is 1.32. The van der Waals surface area contributed by atoms with Gasteiger partial charge in [-0.15, -0.1) is 0 Å². The number of para-hydroxylation sites is 1. The van der Waals surface area contributed by atoms with Crippen LogP contribution in [0.2, 0.25) is 15.1 Å². The van der Waals surface area contributed by atoms with Gasteiger partial charge < -0.3 is 22.9 Å². The number of alkyl halides is 3. The Hall–Kier alpha value is -7.70. The summed E-state index contributed by atoms with van der Waals surface area (Å²) in [4.78, 5) is 48.3. The topological polar surface area (TPSA) is 172 Å². The van der Waals surface area contributed by atoms with Gasteiger partial charge in [0, 0.05) is 61.0 Å². The summed E-state index contributed by atoms with van der Waals surface area (Å²) in [6.07, 6.45) is -4.47. The Bertz CT molecular complexity index is 2980. The number of nitrogen functional groups attached to an aromatic ring is 4. The van der Waals surface area contributed by atoms with Gasteiger partial charge in [-0.05, 0) is 60.7 Å². The summed E-state index contributed by atoms with van der Waals surface area (Å²) in [5.41, 5.74) is 26.5. The Kier molecular flexibility index (Phi) is 17.6. The van der Waals surface area contributed by atoms with Gasteiger partial charge in [0.2, 0.25) is 0 Å². The van der Waals surface area contributed by atoms with Gasteiger partial charge in [0.1, 0.15) is 0 Å². The summed E-state index contributed by atoms with van der Waals surface area (Å²) in [6, 6.07) is 52.9. The van der Waals surface area contributed by atoms with Crippen LogP contribution in [0.25, 0.3) is 0 Å². The van der Waals surface area contributed by atoms with Crippen LogP contribution in [-0.2, 0) is 6.18 Å². The van der Waals surface area contributed by atoms with E-state index in [9.17, 15) is 32.3 Å². The zero-order chi connectivity index (χ0) is 48.7. The molecule has 8 N–H and O–H groups in total. The van der Waals surface area contributed by atoms with Crippen molar-refractivity contribution in [1.82, 2.24) is 0 Å². The fourth-order valence-corrected chi connectivity index (χ4v) is 6.79. The molecule has 0 aliphatic rings.